The van der Waals surface area contributed by atoms with E-state index in [-0.39, 0.29) is 5.60 Å². The number of halogens is 1. The van der Waals surface area contributed by atoms with Crippen LogP contribution in [0.4, 0.5) is 0 Å². The topological polar surface area (TPSA) is 36.0 Å². The molecule has 0 saturated heterocycles. The lowest BCUT2D eigenvalue weighted by molar-refractivity contribution is 0.140. The fourth-order valence-corrected chi connectivity index (χ4v) is 2.44. The van der Waals surface area contributed by atoms with Gasteiger partial charge in [-0.25, -0.2) is 0 Å². The second kappa shape index (κ2) is 3.60. The van der Waals surface area contributed by atoms with E-state index in [1.165, 1.54) is 16.6 Å². The highest BCUT2D eigenvalue weighted by atomic mass is 79.9. The summed E-state index contributed by atoms with van der Waals surface area (Å²) in [5, 5.41) is 11.0. The minimum atomic E-state index is -0.349. The number of H-pyrrole nitrogens is 1. The number of hydrogen-bond donors (Lipinski definition) is 2. The molecule has 0 unspecified atom stereocenters. The Morgan fingerprint density at radius 2 is 2.12 bits per heavy atom. The number of aromatic nitrogens is 1. The molecule has 84 valence electrons. The zero-order chi connectivity index (χ0) is 11.2. The predicted octanol–water partition coefficient (Wildman–Crippen LogP) is 3.39. The van der Waals surface area contributed by atoms with Gasteiger partial charge >= 0.3 is 0 Å². The van der Waals surface area contributed by atoms with Gasteiger partial charge in [0, 0.05) is 21.1 Å². The van der Waals surface area contributed by atoms with Crippen molar-refractivity contribution in [1.82, 2.24) is 4.98 Å². The highest BCUT2D eigenvalue weighted by Crippen LogP contribution is 2.39. The van der Waals surface area contributed by atoms with E-state index >= 15 is 0 Å². The van der Waals surface area contributed by atoms with E-state index in [1.54, 1.807) is 0 Å². The van der Waals surface area contributed by atoms with Gasteiger partial charge in [0.25, 0.3) is 0 Å². The molecule has 0 radical (unpaired) electrons. The maximum atomic E-state index is 9.79. The molecule has 1 aromatic heterocycles. The van der Waals surface area contributed by atoms with Crippen LogP contribution in [-0.4, -0.2) is 15.7 Å². The van der Waals surface area contributed by atoms with Crippen LogP contribution in [0.3, 0.4) is 0 Å². The number of hydrogen-bond acceptors (Lipinski definition) is 1. The fourth-order valence-electron chi connectivity index (χ4n) is 2.06. The van der Waals surface area contributed by atoms with Crippen molar-refractivity contribution in [1.29, 1.82) is 0 Å². The van der Waals surface area contributed by atoms with Crippen LogP contribution >= 0.6 is 15.9 Å². The van der Waals surface area contributed by atoms with Gasteiger partial charge in [-0.3, -0.25) is 0 Å². The fraction of sp³-hybridized carbons (Fsp3) is 0.385. The third-order valence-electron chi connectivity index (χ3n) is 3.33. The van der Waals surface area contributed by atoms with Gasteiger partial charge in [-0.15, -0.1) is 0 Å². The molecule has 1 aliphatic rings. The smallest absolute Gasteiger partial charge is 0.0653 e. The summed E-state index contributed by atoms with van der Waals surface area (Å²) in [6.07, 6.45) is 3.75. The van der Waals surface area contributed by atoms with Crippen LogP contribution in [0.2, 0.25) is 0 Å². The van der Waals surface area contributed by atoms with Crippen molar-refractivity contribution < 1.29 is 5.11 Å². The molecule has 1 heterocycles. The lowest BCUT2D eigenvalue weighted by Crippen LogP contribution is -2.07. The van der Waals surface area contributed by atoms with Crippen LogP contribution in [-0.2, 0) is 6.42 Å². The van der Waals surface area contributed by atoms with Crippen molar-refractivity contribution in [2.75, 3.05) is 0 Å². The van der Waals surface area contributed by atoms with Crippen LogP contribution < -0.4 is 0 Å². The maximum Gasteiger partial charge on any atom is 0.0653 e. The monoisotopic (exact) mass is 279 g/mol. The summed E-state index contributed by atoms with van der Waals surface area (Å²) < 4.78 is 1.10. The van der Waals surface area contributed by atoms with Gasteiger partial charge in [0.15, 0.2) is 0 Å². The quantitative estimate of drug-likeness (QED) is 0.888. The Bertz CT molecular complexity index is 528. The van der Waals surface area contributed by atoms with E-state index in [2.05, 4.69) is 39.1 Å². The largest absolute Gasteiger partial charge is 0.390 e. The predicted molar refractivity (Wildman–Crippen MR) is 68.5 cm³/mol. The average molecular weight is 280 g/mol. The molecular formula is C13H14BrNO. The van der Waals surface area contributed by atoms with E-state index in [0.29, 0.717) is 0 Å². The molecule has 2 aromatic rings. The first-order chi connectivity index (χ1) is 7.65. The Morgan fingerprint density at radius 1 is 1.31 bits per heavy atom. The zero-order valence-electron chi connectivity index (χ0n) is 8.96. The summed E-state index contributed by atoms with van der Waals surface area (Å²) >= 11 is 3.47. The van der Waals surface area contributed by atoms with Crippen molar-refractivity contribution in [3.63, 3.8) is 0 Å². The second-order valence-electron chi connectivity index (χ2n) is 4.75. The third kappa shape index (κ3) is 2.02. The average Bonchev–Trinajstić information content (AvgIpc) is 2.85. The number of nitrogens with one attached hydrogen (secondary N) is 1. The SMILES string of the molecule is OC1(CCc2cc3cc(Br)ccc3[nH]2)CC1. The molecule has 3 rings (SSSR count). The summed E-state index contributed by atoms with van der Waals surface area (Å²) in [6.45, 7) is 0. The first-order valence-electron chi connectivity index (χ1n) is 5.64. The number of rotatable bonds is 3. The molecule has 1 saturated carbocycles. The second-order valence-corrected chi connectivity index (χ2v) is 5.67. The van der Waals surface area contributed by atoms with Gasteiger partial charge in [0.1, 0.15) is 0 Å². The molecule has 0 aliphatic heterocycles. The first kappa shape index (κ1) is 10.4. The van der Waals surface area contributed by atoms with Crippen LogP contribution in [0, 0.1) is 0 Å². The summed E-state index contributed by atoms with van der Waals surface area (Å²) in [4.78, 5) is 3.39. The van der Waals surface area contributed by atoms with Crippen molar-refractivity contribution in [2.24, 2.45) is 0 Å². The van der Waals surface area contributed by atoms with Crippen molar-refractivity contribution >= 4 is 26.8 Å². The van der Waals surface area contributed by atoms with E-state index in [0.717, 1.165) is 30.2 Å². The van der Waals surface area contributed by atoms with E-state index < -0.39 is 0 Å². The lowest BCUT2D eigenvalue weighted by Gasteiger charge is -2.04. The minimum Gasteiger partial charge on any atom is -0.390 e. The van der Waals surface area contributed by atoms with E-state index in [9.17, 15) is 5.11 Å². The molecule has 16 heavy (non-hydrogen) atoms. The molecule has 3 heteroatoms. The lowest BCUT2D eigenvalue weighted by atomic mass is 10.1. The van der Waals surface area contributed by atoms with E-state index in [4.69, 9.17) is 0 Å². The summed E-state index contributed by atoms with van der Waals surface area (Å²) in [7, 11) is 0. The molecular weight excluding hydrogens is 266 g/mol. The number of benzene rings is 1. The molecule has 2 nitrogen and oxygen atoms in total. The highest BCUT2D eigenvalue weighted by Gasteiger charge is 2.39. The minimum absolute atomic E-state index is 0.349. The van der Waals surface area contributed by atoms with Gasteiger partial charge in [-0.05, 0) is 49.9 Å². The van der Waals surface area contributed by atoms with E-state index in [1.807, 2.05) is 6.07 Å². The van der Waals surface area contributed by atoms with Crippen LogP contribution in [0.25, 0.3) is 10.9 Å². The summed E-state index contributed by atoms with van der Waals surface area (Å²) in [5.74, 6) is 0. The van der Waals surface area contributed by atoms with Gasteiger partial charge in [0.05, 0.1) is 5.60 Å². The Labute approximate surface area is 103 Å². The molecule has 1 aliphatic carbocycles. The van der Waals surface area contributed by atoms with Gasteiger partial charge in [0.2, 0.25) is 0 Å². The van der Waals surface area contributed by atoms with Crippen molar-refractivity contribution in [2.45, 2.75) is 31.3 Å². The number of aliphatic hydroxyl groups is 1. The molecule has 0 spiro atoms. The van der Waals surface area contributed by atoms with Crippen LogP contribution in [0.1, 0.15) is 25.0 Å². The van der Waals surface area contributed by atoms with Gasteiger partial charge in [-0.2, -0.15) is 0 Å². The van der Waals surface area contributed by atoms with Gasteiger partial charge < -0.3 is 10.1 Å². The summed E-state index contributed by atoms with van der Waals surface area (Å²) in [6, 6.07) is 8.40. The summed E-state index contributed by atoms with van der Waals surface area (Å²) in [5.41, 5.74) is 2.03. The maximum absolute atomic E-state index is 9.79. The van der Waals surface area contributed by atoms with Crippen molar-refractivity contribution in [3.8, 4) is 0 Å². The molecule has 1 aromatic carbocycles. The Balaban J connectivity index is 1.82. The molecule has 1 fully saturated rings. The normalized spacial score (nSPS) is 17.9. The standard InChI is InChI=1S/C13H14BrNO/c14-10-1-2-12-9(7-10)8-11(15-12)3-4-13(16)5-6-13/h1-2,7-8,15-16H,3-6H2. The Hall–Kier alpha value is -0.800. The first-order valence-corrected chi connectivity index (χ1v) is 6.44. The van der Waals surface area contributed by atoms with Crippen molar-refractivity contribution in [3.05, 3.63) is 34.4 Å². The molecule has 0 bridgehead atoms. The highest BCUT2D eigenvalue weighted by molar-refractivity contribution is 9.10. The molecule has 0 amide bonds. The molecule has 0 atom stereocenters. The number of fused-ring (bicyclic) bond motifs is 1. The molecule has 2 N–H and O–H groups in total. The third-order valence-corrected chi connectivity index (χ3v) is 3.82. The van der Waals surface area contributed by atoms with Crippen LogP contribution in [0.15, 0.2) is 28.7 Å². The van der Waals surface area contributed by atoms with Gasteiger partial charge in [-0.1, -0.05) is 15.9 Å². The number of aryl methyl sites for hydroxylation is 1. The Morgan fingerprint density at radius 3 is 2.88 bits per heavy atom. The number of aromatic amines is 1. The zero-order valence-corrected chi connectivity index (χ0v) is 10.5. The Kier molecular flexibility index (Phi) is 2.33. The van der Waals surface area contributed by atoms with Crippen LogP contribution in [0.5, 0.6) is 0 Å².